The number of hydrogen-bond acceptors (Lipinski definition) is 4. The molecule has 1 aliphatic rings. The molecule has 0 radical (unpaired) electrons. The van der Waals surface area contributed by atoms with Crippen LogP contribution in [0.5, 0.6) is 5.75 Å². The fourth-order valence-corrected chi connectivity index (χ4v) is 3.72. The van der Waals surface area contributed by atoms with Crippen LogP contribution in [0.3, 0.4) is 0 Å². The number of rotatable bonds is 7. The molecule has 4 rings (SSSR count). The Balaban J connectivity index is 1.53. The van der Waals surface area contributed by atoms with E-state index in [4.69, 9.17) is 4.74 Å². The Morgan fingerprint density at radius 3 is 2.54 bits per heavy atom. The van der Waals surface area contributed by atoms with E-state index >= 15 is 0 Å². The molecule has 2 aromatic carbocycles. The fraction of sp³-hybridized carbons (Fsp3) is 0.292. The van der Waals surface area contributed by atoms with Crippen LogP contribution in [0.2, 0.25) is 0 Å². The van der Waals surface area contributed by atoms with E-state index in [-0.39, 0.29) is 0 Å². The second-order valence-corrected chi connectivity index (χ2v) is 7.17. The van der Waals surface area contributed by atoms with Crippen LogP contribution in [0.1, 0.15) is 22.9 Å². The molecule has 2 heterocycles. The third-order valence-corrected chi connectivity index (χ3v) is 5.21. The fourth-order valence-electron chi connectivity index (χ4n) is 3.72. The Bertz CT molecular complexity index is 848. The van der Waals surface area contributed by atoms with Crippen LogP contribution in [-0.4, -0.2) is 36.1 Å². The lowest BCUT2D eigenvalue weighted by Gasteiger charge is -2.35. The highest BCUT2D eigenvalue weighted by molar-refractivity contribution is 5.32. The van der Waals surface area contributed by atoms with Gasteiger partial charge in [0, 0.05) is 50.5 Å². The maximum atomic E-state index is 6.07. The van der Waals surface area contributed by atoms with Crippen molar-refractivity contribution >= 4 is 0 Å². The summed E-state index contributed by atoms with van der Waals surface area (Å²) in [4.78, 5) is 7.12. The number of hydrogen-bond donors (Lipinski definition) is 1. The number of pyridine rings is 1. The highest BCUT2D eigenvalue weighted by Gasteiger charge is 2.23. The first-order chi connectivity index (χ1) is 13.9. The van der Waals surface area contributed by atoms with Crippen molar-refractivity contribution in [3.63, 3.8) is 0 Å². The first-order valence-corrected chi connectivity index (χ1v) is 10.00. The van der Waals surface area contributed by atoms with Gasteiger partial charge in [-0.25, -0.2) is 0 Å². The molecular formula is C24H27N3O. The van der Waals surface area contributed by atoms with Crippen LogP contribution in [-0.2, 0) is 13.0 Å². The lowest BCUT2D eigenvalue weighted by atomic mass is 9.99. The maximum Gasteiger partial charge on any atom is 0.120 e. The summed E-state index contributed by atoms with van der Waals surface area (Å²) in [5.74, 6) is 0.919. The number of nitrogens with one attached hydrogen (secondary N) is 1. The number of nitrogens with zero attached hydrogens (tertiary/aromatic N) is 2. The van der Waals surface area contributed by atoms with Gasteiger partial charge >= 0.3 is 0 Å². The zero-order valence-electron chi connectivity index (χ0n) is 16.1. The van der Waals surface area contributed by atoms with Crippen molar-refractivity contribution in [2.45, 2.75) is 19.1 Å². The molecule has 0 bridgehead atoms. The van der Waals surface area contributed by atoms with E-state index in [0.29, 0.717) is 12.6 Å². The number of benzene rings is 2. The minimum absolute atomic E-state index is 0.303. The molecule has 0 amide bonds. The molecule has 144 valence electrons. The predicted molar refractivity (Wildman–Crippen MR) is 112 cm³/mol. The molecule has 1 aromatic heterocycles. The average molecular weight is 374 g/mol. The van der Waals surface area contributed by atoms with Crippen molar-refractivity contribution in [2.75, 3.05) is 26.2 Å². The van der Waals surface area contributed by atoms with Crippen LogP contribution < -0.4 is 10.1 Å². The van der Waals surface area contributed by atoms with E-state index in [9.17, 15) is 0 Å². The third kappa shape index (κ3) is 4.97. The van der Waals surface area contributed by atoms with E-state index < -0.39 is 0 Å². The minimum Gasteiger partial charge on any atom is -0.489 e. The van der Waals surface area contributed by atoms with Gasteiger partial charge in [0.05, 0.1) is 0 Å². The van der Waals surface area contributed by atoms with Gasteiger partial charge in [-0.3, -0.25) is 9.88 Å². The number of aromatic nitrogens is 1. The Labute approximate surface area is 167 Å². The zero-order valence-corrected chi connectivity index (χ0v) is 16.1. The van der Waals surface area contributed by atoms with Crippen LogP contribution in [0.25, 0.3) is 0 Å². The molecule has 1 aliphatic heterocycles. The quantitative estimate of drug-likeness (QED) is 0.683. The molecule has 28 heavy (non-hydrogen) atoms. The summed E-state index contributed by atoms with van der Waals surface area (Å²) in [5, 5.41) is 3.45. The van der Waals surface area contributed by atoms with Crippen LogP contribution in [0.4, 0.5) is 0 Å². The second kappa shape index (κ2) is 9.49. The van der Waals surface area contributed by atoms with Gasteiger partial charge in [0.25, 0.3) is 0 Å². The van der Waals surface area contributed by atoms with Gasteiger partial charge in [0.2, 0.25) is 0 Å². The van der Waals surface area contributed by atoms with Gasteiger partial charge in [-0.15, -0.1) is 0 Å². The monoisotopic (exact) mass is 373 g/mol. The maximum absolute atomic E-state index is 6.07. The Morgan fingerprint density at radius 2 is 1.75 bits per heavy atom. The van der Waals surface area contributed by atoms with Crippen molar-refractivity contribution in [1.29, 1.82) is 0 Å². The molecule has 3 aromatic rings. The summed E-state index contributed by atoms with van der Waals surface area (Å²) in [7, 11) is 0. The molecule has 4 heteroatoms. The van der Waals surface area contributed by atoms with Crippen molar-refractivity contribution in [2.24, 2.45) is 0 Å². The molecule has 4 nitrogen and oxygen atoms in total. The minimum atomic E-state index is 0.303. The first kappa shape index (κ1) is 18.7. The second-order valence-electron chi connectivity index (χ2n) is 7.17. The number of ether oxygens (including phenoxy) is 1. The molecule has 0 aliphatic carbocycles. The highest BCUT2D eigenvalue weighted by Crippen LogP contribution is 2.28. The normalized spacial score (nSPS) is 15.9. The summed E-state index contributed by atoms with van der Waals surface area (Å²) in [6.45, 7) is 4.74. The van der Waals surface area contributed by atoms with Crippen LogP contribution in [0.15, 0.2) is 79.0 Å². The van der Waals surface area contributed by atoms with Crippen molar-refractivity contribution < 1.29 is 4.74 Å². The third-order valence-electron chi connectivity index (χ3n) is 5.21. The van der Waals surface area contributed by atoms with Gasteiger partial charge in [0.15, 0.2) is 0 Å². The Kier molecular flexibility index (Phi) is 6.32. The molecule has 1 unspecified atom stereocenters. The summed E-state index contributed by atoms with van der Waals surface area (Å²) in [6, 6.07) is 25.3. The molecule has 1 fully saturated rings. The van der Waals surface area contributed by atoms with Gasteiger partial charge in [-0.05, 0) is 35.4 Å². The first-order valence-electron chi connectivity index (χ1n) is 10.00. The van der Waals surface area contributed by atoms with Gasteiger partial charge in [-0.1, -0.05) is 48.5 Å². The van der Waals surface area contributed by atoms with Gasteiger partial charge in [-0.2, -0.15) is 0 Å². The molecule has 1 atom stereocenters. The molecule has 1 saturated heterocycles. The average Bonchev–Trinajstić information content (AvgIpc) is 2.78. The standard InChI is InChI=1S/C24H27N3O/c1-2-7-20(8-3-1)19-28-23-11-6-9-21(17-23)24(27-15-13-25-14-16-27)18-22-10-4-5-12-26-22/h1-12,17,24-25H,13-16,18-19H2. The van der Waals surface area contributed by atoms with Crippen molar-refractivity contribution in [3.8, 4) is 5.75 Å². The van der Waals surface area contributed by atoms with Gasteiger partial charge in [0.1, 0.15) is 12.4 Å². The molecule has 0 saturated carbocycles. The summed E-state index contributed by atoms with van der Waals surface area (Å²) in [5.41, 5.74) is 3.60. The Hall–Kier alpha value is -2.69. The zero-order chi connectivity index (χ0) is 19.0. The summed E-state index contributed by atoms with van der Waals surface area (Å²) in [6.07, 6.45) is 2.78. The largest absolute Gasteiger partial charge is 0.489 e. The molecule has 1 N–H and O–H groups in total. The highest BCUT2D eigenvalue weighted by atomic mass is 16.5. The Morgan fingerprint density at radius 1 is 0.929 bits per heavy atom. The topological polar surface area (TPSA) is 37.4 Å². The van der Waals surface area contributed by atoms with E-state index in [1.54, 1.807) is 0 Å². The lowest BCUT2D eigenvalue weighted by Crippen LogP contribution is -2.45. The predicted octanol–water partition coefficient (Wildman–Crippen LogP) is 3.85. The smallest absolute Gasteiger partial charge is 0.120 e. The van der Waals surface area contributed by atoms with Crippen LogP contribution >= 0.6 is 0 Å². The van der Waals surface area contributed by atoms with Gasteiger partial charge < -0.3 is 10.1 Å². The molecule has 0 spiro atoms. The van der Waals surface area contributed by atoms with Crippen LogP contribution in [0, 0.1) is 0 Å². The van der Waals surface area contributed by atoms with E-state index in [2.05, 4.69) is 57.7 Å². The SMILES string of the molecule is c1ccc(COc2cccc(C(Cc3ccccn3)N3CCNCC3)c2)cc1. The number of piperazine rings is 1. The van der Waals surface area contributed by atoms with E-state index in [0.717, 1.165) is 44.0 Å². The summed E-state index contributed by atoms with van der Waals surface area (Å²) >= 11 is 0. The van der Waals surface area contributed by atoms with E-state index in [1.165, 1.54) is 11.1 Å². The summed E-state index contributed by atoms with van der Waals surface area (Å²) < 4.78 is 6.07. The lowest BCUT2D eigenvalue weighted by molar-refractivity contribution is 0.171. The molecular weight excluding hydrogens is 346 g/mol. The van der Waals surface area contributed by atoms with E-state index in [1.807, 2.05) is 36.5 Å². The van der Waals surface area contributed by atoms with Crippen molar-refractivity contribution in [3.05, 3.63) is 95.8 Å². The van der Waals surface area contributed by atoms with Crippen molar-refractivity contribution in [1.82, 2.24) is 15.2 Å².